The van der Waals surface area contributed by atoms with Gasteiger partial charge in [-0.15, -0.1) is 0 Å². The molecule has 1 saturated heterocycles. The number of Topliss-reactive ketones (excluding diaryl/α,β-unsaturated/α-hetero) is 1. The largest absolute Gasteiger partial charge is 0.344 e. The molecule has 26 heavy (non-hydrogen) atoms. The lowest BCUT2D eigenvalue weighted by Gasteiger charge is -2.62. The molecule has 0 N–H and O–H groups in total. The van der Waals surface area contributed by atoms with Gasteiger partial charge in [-0.1, -0.05) is 27.2 Å². The number of hydrogen-bond donors (Lipinski definition) is 0. The van der Waals surface area contributed by atoms with Crippen LogP contribution in [-0.4, -0.2) is 23.8 Å². The van der Waals surface area contributed by atoms with Crippen LogP contribution in [0, 0.1) is 40.4 Å². The topological polar surface area (TPSA) is 35.5 Å². The van der Waals surface area contributed by atoms with Crippen molar-refractivity contribution < 1.29 is 14.3 Å². The first kappa shape index (κ1) is 17.7. The van der Waals surface area contributed by atoms with Crippen LogP contribution in [0.4, 0.5) is 0 Å². The molecule has 0 radical (unpaired) electrons. The SMILES string of the molecule is C[C@H]1CC[C@@]2(C)[C@H](C1)[C@H]1OC(C)(C)O[C@@H]1C1C3CCC(=O)[C@@]3(C)CC[C@@H]12. The Morgan fingerprint density at radius 3 is 2.38 bits per heavy atom. The number of hydrogen-bond acceptors (Lipinski definition) is 3. The zero-order chi connectivity index (χ0) is 18.5. The summed E-state index contributed by atoms with van der Waals surface area (Å²) >= 11 is 0. The van der Waals surface area contributed by atoms with Crippen molar-refractivity contribution in [2.75, 3.05) is 0 Å². The number of fused-ring (bicyclic) bond motifs is 8. The summed E-state index contributed by atoms with van der Waals surface area (Å²) in [5.41, 5.74) is 0.252. The van der Waals surface area contributed by atoms with Crippen molar-refractivity contribution in [3.63, 3.8) is 0 Å². The average Bonchev–Trinajstić information content (AvgIpc) is 3.05. The van der Waals surface area contributed by atoms with Crippen LogP contribution in [0.1, 0.15) is 79.6 Å². The van der Waals surface area contributed by atoms with Crippen molar-refractivity contribution in [2.24, 2.45) is 40.4 Å². The smallest absolute Gasteiger partial charge is 0.163 e. The van der Waals surface area contributed by atoms with Crippen LogP contribution in [0.5, 0.6) is 0 Å². The lowest BCUT2D eigenvalue weighted by Crippen LogP contribution is -2.63. The number of ether oxygens (including phenoxy) is 2. The first-order chi connectivity index (χ1) is 12.2. The normalized spacial score (nSPS) is 57.9. The molecule has 4 saturated carbocycles. The Bertz CT molecular complexity index is 627. The number of rotatable bonds is 0. The summed E-state index contributed by atoms with van der Waals surface area (Å²) < 4.78 is 13.2. The van der Waals surface area contributed by atoms with Crippen LogP contribution in [0.3, 0.4) is 0 Å². The van der Waals surface area contributed by atoms with E-state index in [0.29, 0.717) is 34.9 Å². The van der Waals surface area contributed by atoms with Gasteiger partial charge in [0.15, 0.2) is 5.79 Å². The third-order valence-corrected chi connectivity index (χ3v) is 9.51. The Balaban J connectivity index is 1.59. The van der Waals surface area contributed by atoms with Crippen molar-refractivity contribution in [1.82, 2.24) is 0 Å². The molecule has 1 heterocycles. The molecular formula is C23H36O3. The minimum Gasteiger partial charge on any atom is -0.344 e. The van der Waals surface area contributed by atoms with Gasteiger partial charge in [0.25, 0.3) is 0 Å². The molecule has 0 aromatic rings. The van der Waals surface area contributed by atoms with Crippen LogP contribution < -0.4 is 0 Å². The van der Waals surface area contributed by atoms with E-state index in [0.717, 1.165) is 25.2 Å². The maximum atomic E-state index is 12.8. The van der Waals surface area contributed by atoms with Gasteiger partial charge >= 0.3 is 0 Å². The van der Waals surface area contributed by atoms with Crippen molar-refractivity contribution in [3.8, 4) is 0 Å². The fraction of sp³-hybridized carbons (Fsp3) is 0.957. The molecule has 5 aliphatic rings. The van der Waals surface area contributed by atoms with E-state index in [1.807, 2.05) is 0 Å². The van der Waals surface area contributed by atoms with Gasteiger partial charge in [-0.05, 0) is 81.0 Å². The second-order valence-electron chi connectivity index (χ2n) is 11.3. The Hall–Kier alpha value is -0.410. The fourth-order valence-corrected chi connectivity index (χ4v) is 8.15. The monoisotopic (exact) mass is 360 g/mol. The highest BCUT2D eigenvalue weighted by molar-refractivity contribution is 5.87. The standard InChI is InChI=1S/C23H36O3/c1-13-8-10-22(4)15-9-11-23(5)14(6-7-17(23)24)18(15)20-19(16(22)12-13)25-21(2,3)26-20/h13-16,18-20H,6-12H2,1-5H3/t13-,14?,15-,16+,18?,19+,20+,22+,23-/m0/s1. The van der Waals surface area contributed by atoms with Gasteiger partial charge in [0.05, 0.1) is 12.2 Å². The van der Waals surface area contributed by atoms with Crippen LogP contribution in [0.2, 0.25) is 0 Å². The van der Waals surface area contributed by atoms with Crippen molar-refractivity contribution in [1.29, 1.82) is 0 Å². The van der Waals surface area contributed by atoms with E-state index in [4.69, 9.17) is 9.47 Å². The van der Waals surface area contributed by atoms with Crippen LogP contribution in [0.25, 0.3) is 0 Å². The van der Waals surface area contributed by atoms with Gasteiger partial charge in [0, 0.05) is 11.8 Å². The third kappa shape index (κ3) is 2.16. The molecule has 0 aromatic heterocycles. The Kier molecular flexibility index (Phi) is 3.63. The highest BCUT2D eigenvalue weighted by Gasteiger charge is 2.68. The molecule has 9 atom stereocenters. The molecule has 0 aromatic carbocycles. The molecule has 146 valence electrons. The van der Waals surface area contributed by atoms with Crippen molar-refractivity contribution >= 4 is 5.78 Å². The molecule has 3 heteroatoms. The van der Waals surface area contributed by atoms with Gasteiger partial charge in [0.2, 0.25) is 0 Å². The minimum atomic E-state index is -0.484. The van der Waals surface area contributed by atoms with Crippen molar-refractivity contribution in [3.05, 3.63) is 0 Å². The fourth-order valence-electron chi connectivity index (χ4n) is 8.15. The molecule has 2 unspecified atom stereocenters. The summed E-state index contributed by atoms with van der Waals surface area (Å²) in [7, 11) is 0. The highest BCUT2D eigenvalue weighted by atomic mass is 16.8. The molecule has 0 spiro atoms. The van der Waals surface area contributed by atoms with Gasteiger partial charge in [-0.25, -0.2) is 0 Å². The Morgan fingerprint density at radius 2 is 1.62 bits per heavy atom. The summed E-state index contributed by atoms with van der Waals surface area (Å²) in [6.45, 7) is 11.4. The van der Waals surface area contributed by atoms with Gasteiger partial charge in [0.1, 0.15) is 5.78 Å². The van der Waals surface area contributed by atoms with Crippen LogP contribution in [0.15, 0.2) is 0 Å². The first-order valence-electron chi connectivity index (χ1n) is 11.0. The second kappa shape index (κ2) is 5.35. The van der Waals surface area contributed by atoms with Gasteiger partial charge in [-0.2, -0.15) is 0 Å². The highest BCUT2D eigenvalue weighted by Crippen LogP contribution is 2.68. The predicted octanol–water partition coefficient (Wildman–Crippen LogP) is 4.97. The molecule has 4 aliphatic carbocycles. The van der Waals surface area contributed by atoms with E-state index >= 15 is 0 Å². The zero-order valence-electron chi connectivity index (χ0n) is 17.2. The van der Waals surface area contributed by atoms with Crippen LogP contribution in [-0.2, 0) is 14.3 Å². The Labute approximate surface area is 158 Å². The van der Waals surface area contributed by atoms with Gasteiger partial charge < -0.3 is 9.47 Å². The van der Waals surface area contributed by atoms with Crippen molar-refractivity contribution in [2.45, 2.75) is 97.6 Å². The molecule has 5 rings (SSSR count). The average molecular weight is 361 g/mol. The van der Waals surface area contributed by atoms with Gasteiger partial charge in [-0.3, -0.25) is 4.79 Å². The molecule has 1 aliphatic heterocycles. The Morgan fingerprint density at radius 1 is 0.885 bits per heavy atom. The zero-order valence-corrected chi connectivity index (χ0v) is 17.2. The quantitative estimate of drug-likeness (QED) is 0.611. The maximum Gasteiger partial charge on any atom is 0.163 e. The van der Waals surface area contributed by atoms with E-state index in [1.54, 1.807) is 0 Å². The number of carbonyl (C=O) groups is 1. The summed E-state index contributed by atoms with van der Waals surface area (Å²) in [4.78, 5) is 12.8. The number of carbonyl (C=O) groups excluding carboxylic acids is 1. The summed E-state index contributed by atoms with van der Waals surface area (Å²) in [6, 6.07) is 0. The number of ketones is 1. The summed E-state index contributed by atoms with van der Waals surface area (Å²) in [5.74, 6) is 3.13. The third-order valence-electron chi connectivity index (χ3n) is 9.51. The molecular weight excluding hydrogens is 324 g/mol. The van der Waals surface area contributed by atoms with Crippen LogP contribution >= 0.6 is 0 Å². The molecule has 3 nitrogen and oxygen atoms in total. The van der Waals surface area contributed by atoms with E-state index in [2.05, 4.69) is 34.6 Å². The maximum absolute atomic E-state index is 12.8. The predicted molar refractivity (Wildman–Crippen MR) is 100 cm³/mol. The second-order valence-corrected chi connectivity index (χ2v) is 11.3. The van der Waals surface area contributed by atoms with E-state index < -0.39 is 5.79 Å². The molecule has 0 bridgehead atoms. The summed E-state index contributed by atoms with van der Waals surface area (Å²) in [5, 5.41) is 0. The lowest BCUT2D eigenvalue weighted by atomic mass is 9.43. The lowest BCUT2D eigenvalue weighted by molar-refractivity contribution is -0.181. The first-order valence-corrected chi connectivity index (χ1v) is 11.0. The molecule has 0 amide bonds. The van der Waals surface area contributed by atoms with E-state index in [1.165, 1.54) is 25.7 Å². The minimum absolute atomic E-state index is 0.104. The van der Waals surface area contributed by atoms with E-state index in [-0.39, 0.29) is 17.6 Å². The molecule has 5 fully saturated rings. The van der Waals surface area contributed by atoms with E-state index in [9.17, 15) is 4.79 Å². The summed E-state index contributed by atoms with van der Waals surface area (Å²) in [6.07, 6.45) is 8.51.